The summed E-state index contributed by atoms with van der Waals surface area (Å²) in [4.78, 5) is 5.24. The van der Waals surface area contributed by atoms with Gasteiger partial charge in [-0.15, -0.1) is 0 Å². The highest BCUT2D eigenvalue weighted by Crippen LogP contribution is 2.57. The fraction of sp³-hybridized carbons (Fsp3) is 0.333. The number of nitrogens with zero attached hydrogens (tertiary/aromatic N) is 3. The van der Waals surface area contributed by atoms with Crippen LogP contribution in [0.2, 0.25) is 0 Å². The highest BCUT2D eigenvalue weighted by Gasteiger charge is 2.45. The van der Waals surface area contributed by atoms with E-state index in [0.717, 1.165) is 19.3 Å². The largest absolute Gasteiger partial charge is 0.332 e. The summed E-state index contributed by atoms with van der Waals surface area (Å²) in [7, 11) is 0. The molecule has 75 heavy (non-hydrogen) atoms. The SMILES string of the molecule is CCCCCCCCC1(CCCCCCCC)c2cc(N(c3ccc(-n4c5ccccc5c5ccccc54)cc3)C(C)(C)c3ccccc3)ccc2-c2ccc(C(C)(CC)N(c3ccccc3)c3ccccc3)cc21. The Balaban J connectivity index is 1.13. The van der Waals surface area contributed by atoms with Gasteiger partial charge < -0.3 is 14.4 Å². The van der Waals surface area contributed by atoms with Crippen LogP contribution in [0.25, 0.3) is 38.6 Å². The van der Waals surface area contributed by atoms with Crippen LogP contribution in [0.5, 0.6) is 0 Å². The maximum atomic E-state index is 2.70. The minimum atomic E-state index is -0.384. The van der Waals surface area contributed by atoms with Crippen LogP contribution < -0.4 is 9.80 Å². The summed E-state index contributed by atoms with van der Waals surface area (Å²) < 4.78 is 2.43. The summed E-state index contributed by atoms with van der Waals surface area (Å²) in [6, 6.07) is 75.7. The van der Waals surface area contributed by atoms with Crippen LogP contribution in [0.15, 0.2) is 200 Å². The summed E-state index contributed by atoms with van der Waals surface area (Å²) in [6.07, 6.45) is 18.7. The van der Waals surface area contributed by atoms with Crippen molar-refractivity contribution in [1.29, 1.82) is 0 Å². The van der Waals surface area contributed by atoms with E-state index in [-0.39, 0.29) is 16.5 Å². The van der Waals surface area contributed by atoms with Crippen LogP contribution in [-0.4, -0.2) is 4.57 Å². The molecule has 384 valence electrons. The monoisotopic (exact) mass is 988 g/mol. The highest BCUT2D eigenvalue weighted by atomic mass is 15.2. The minimum Gasteiger partial charge on any atom is -0.332 e. The van der Waals surface area contributed by atoms with E-state index in [4.69, 9.17) is 0 Å². The van der Waals surface area contributed by atoms with E-state index in [1.807, 2.05) is 0 Å². The molecule has 0 amide bonds. The van der Waals surface area contributed by atoms with E-state index in [0.29, 0.717) is 0 Å². The van der Waals surface area contributed by atoms with Crippen molar-refractivity contribution in [3.05, 3.63) is 222 Å². The number of fused-ring (bicyclic) bond motifs is 6. The van der Waals surface area contributed by atoms with Crippen LogP contribution in [0.1, 0.15) is 160 Å². The fourth-order valence-electron chi connectivity index (χ4n) is 13.1. The van der Waals surface area contributed by atoms with Crippen molar-refractivity contribution in [1.82, 2.24) is 4.57 Å². The minimum absolute atomic E-state index is 0.131. The molecule has 0 spiro atoms. The smallest absolute Gasteiger partial charge is 0.0671 e. The van der Waals surface area contributed by atoms with Crippen molar-refractivity contribution in [3.63, 3.8) is 0 Å². The maximum Gasteiger partial charge on any atom is 0.0671 e. The first-order chi connectivity index (χ1) is 36.7. The Kier molecular flexibility index (Phi) is 15.8. The van der Waals surface area contributed by atoms with E-state index in [9.17, 15) is 0 Å². The average Bonchev–Trinajstić information content (AvgIpc) is 3.93. The Morgan fingerprint density at radius 3 is 1.36 bits per heavy atom. The van der Waals surface area contributed by atoms with Crippen molar-refractivity contribution in [2.45, 2.75) is 154 Å². The molecule has 0 radical (unpaired) electrons. The molecule has 9 aromatic rings. The molecule has 0 saturated carbocycles. The molecular weight excluding hydrogens is 907 g/mol. The third-order valence-corrected chi connectivity index (χ3v) is 17.3. The van der Waals surface area contributed by atoms with Crippen LogP contribution in [0.4, 0.5) is 22.7 Å². The summed E-state index contributed by atoms with van der Waals surface area (Å²) in [5.74, 6) is 0. The molecule has 1 atom stereocenters. The van der Waals surface area contributed by atoms with Crippen LogP contribution in [-0.2, 0) is 16.5 Å². The van der Waals surface area contributed by atoms with Crippen LogP contribution in [0.3, 0.4) is 0 Å². The molecule has 8 aromatic carbocycles. The highest BCUT2D eigenvalue weighted by molar-refractivity contribution is 6.09. The maximum absolute atomic E-state index is 2.70. The summed E-state index contributed by atoms with van der Waals surface area (Å²) in [5.41, 5.74) is 16.2. The Hall–Kier alpha value is -6.84. The Morgan fingerprint density at radius 2 is 0.827 bits per heavy atom. The summed E-state index contributed by atoms with van der Waals surface area (Å²) >= 11 is 0. The molecule has 0 N–H and O–H groups in total. The first-order valence-electron chi connectivity index (χ1n) is 28.9. The van der Waals surface area contributed by atoms with Gasteiger partial charge in [-0.25, -0.2) is 0 Å². The average molecular weight is 988 g/mol. The van der Waals surface area contributed by atoms with Gasteiger partial charge in [0.2, 0.25) is 0 Å². The lowest BCUT2D eigenvalue weighted by Crippen LogP contribution is -2.40. The number of hydrogen-bond donors (Lipinski definition) is 0. The number of benzene rings is 8. The number of anilines is 4. The first kappa shape index (κ1) is 51.6. The zero-order valence-electron chi connectivity index (χ0n) is 46.0. The van der Waals surface area contributed by atoms with E-state index in [1.165, 1.54) is 155 Å². The van der Waals surface area contributed by atoms with Crippen LogP contribution in [0, 0.1) is 0 Å². The van der Waals surface area contributed by atoms with Gasteiger partial charge in [0.25, 0.3) is 0 Å². The number of aromatic nitrogens is 1. The third kappa shape index (κ3) is 10.1. The lowest BCUT2D eigenvalue weighted by Gasteiger charge is -2.44. The predicted molar refractivity (Wildman–Crippen MR) is 324 cm³/mol. The second-order valence-corrected chi connectivity index (χ2v) is 22.4. The van der Waals surface area contributed by atoms with Crippen molar-refractivity contribution in [2.24, 2.45) is 0 Å². The molecule has 1 heterocycles. The zero-order valence-corrected chi connectivity index (χ0v) is 46.0. The Bertz CT molecular complexity index is 3170. The molecular formula is C72H81N3. The van der Waals surface area contributed by atoms with E-state index < -0.39 is 0 Å². The second-order valence-electron chi connectivity index (χ2n) is 22.4. The molecule has 0 saturated heterocycles. The molecule has 0 fully saturated rings. The zero-order chi connectivity index (χ0) is 51.8. The number of hydrogen-bond acceptors (Lipinski definition) is 2. The van der Waals surface area contributed by atoms with Crippen LogP contribution >= 0.6 is 0 Å². The lowest BCUT2D eigenvalue weighted by molar-refractivity contribution is 0.395. The summed E-state index contributed by atoms with van der Waals surface area (Å²) in [6.45, 7) is 14.3. The molecule has 3 nitrogen and oxygen atoms in total. The molecule has 0 aliphatic heterocycles. The van der Waals surface area contributed by atoms with Gasteiger partial charge in [0.05, 0.1) is 22.1 Å². The van der Waals surface area contributed by atoms with E-state index in [1.54, 1.807) is 5.56 Å². The van der Waals surface area contributed by atoms with Gasteiger partial charge in [-0.2, -0.15) is 0 Å². The summed E-state index contributed by atoms with van der Waals surface area (Å²) in [5, 5.41) is 2.56. The molecule has 0 bridgehead atoms. The molecule has 1 unspecified atom stereocenters. The van der Waals surface area contributed by atoms with Gasteiger partial charge in [0.1, 0.15) is 0 Å². The van der Waals surface area contributed by atoms with Crippen molar-refractivity contribution in [3.8, 4) is 16.8 Å². The Morgan fingerprint density at radius 1 is 0.387 bits per heavy atom. The topological polar surface area (TPSA) is 11.4 Å². The number of rotatable bonds is 24. The molecule has 10 rings (SSSR count). The van der Waals surface area contributed by atoms with Crippen molar-refractivity contribution < 1.29 is 0 Å². The van der Waals surface area contributed by atoms with E-state index in [2.05, 4.69) is 256 Å². The fourth-order valence-corrected chi connectivity index (χ4v) is 13.1. The van der Waals surface area contributed by atoms with Gasteiger partial charge in [-0.3, -0.25) is 0 Å². The van der Waals surface area contributed by atoms with Gasteiger partial charge >= 0.3 is 0 Å². The lowest BCUT2D eigenvalue weighted by atomic mass is 9.69. The first-order valence-corrected chi connectivity index (χ1v) is 28.9. The number of unbranched alkanes of at least 4 members (excludes halogenated alkanes) is 10. The van der Waals surface area contributed by atoms with Gasteiger partial charge in [0.15, 0.2) is 0 Å². The quantitative estimate of drug-likeness (QED) is 0.0559. The van der Waals surface area contributed by atoms with Gasteiger partial charge in [-0.1, -0.05) is 225 Å². The normalized spacial score (nSPS) is 13.7. The molecule has 1 aliphatic carbocycles. The van der Waals surface area contributed by atoms with E-state index >= 15 is 0 Å². The molecule has 1 aromatic heterocycles. The number of para-hydroxylation sites is 4. The third-order valence-electron chi connectivity index (χ3n) is 17.3. The van der Waals surface area contributed by atoms with Crippen molar-refractivity contribution in [2.75, 3.05) is 9.80 Å². The molecule has 3 heteroatoms. The van der Waals surface area contributed by atoms with Gasteiger partial charge in [0, 0.05) is 44.6 Å². The second kappa shape index (κ2) is 23.0. The standard InChI is InChI=1S/C72H81N3/c1-7-10-12-14-16-31-51-72(52-32-17-15-13-11-8-2)66-53-56(71(6,9-3)75(58-35-23-19-24-36-58)59-37-25-20-26-38-59)43-49-62(66)63-50-48-61(54-67(63)72)74(70(4,5)55-33-21-18-22-34-55)60-46-44-57(45-47-60)73-68-41-29-27-39-64(68)65-40-28-30-42-69(65)73/h18-30,33-50,53-54H,7-17,31-32,51-52H2,1-6H3. The predicted octanol–water partition coefficient (Wildman–Crippen LogP) is 21.1. The van der Waals surface area contributed by atoms with Gasteiger partial charge in [-0.05, 0) is 146 Å². The van der Waals surface area contributed by atoms with Crippen molar-refractivity contribution >= 4 is 44.6 Å². The Labute approximate surface area is 450 Å². The molecule has 1 aliphatic rings.